The van der Waals surface area contributed by atoms with Gasteiger partial charge in [0.05, 0.1) is 0 Å². The summed E-state index contributed by atoms with van der Waals surface area (Å²) in [6, 6.07) is 4.04. The molecule has 5 nitrogen and oxygen atoms in total. The van der Waals surface area contributed by atoms with Gasteiger partial charge in [-0.2, -0.15) is 4.52 Å². The lowest BCUT2D eigenvalue weighted by atomic mass is 9.92. The molecular formula is C13H19N5. The first-order valence-corrected chi connectivity index (χ1v) is 6.57. The molecule has 3 heterocycles. The maximum Gasteiger partial charge on any atom is 0.178 e. The van der Waals surface area contributed by atoms with E-state index in [1.807, 2.05) is 23.6 Å². The summed E-state index contributed by atoms with van der Waals surface area (Å²) in [6.45, 7) is 8.72. The fraction of sp³-hybridized carbons (Fsp3) is 0.615. The van der Waals surface area contributed by atoms with E-state index >= 15 is 0 Å². The molecule has 1 aliphatic heterocycles. The minimum atomic E-state index is 0.730. The Morgan fingerprint density at radius 2 is 1.83 bits per heavy atom. The van der Waals surface area contributed by atoms with E-state index in [1.165, 1.54) is 6.42 Å². The molecule has 1 saturated heterocycles. The van der Waals surface area contributed by atoms with Gasteiger partial charge in [0.25, 0.3) is 0 Å². The van der Waals surface area contributed by atoms with Crippen molar-refractivity contribution < 1.29 is 0 Å². The van der Waals surface area contributed by atoms with Crippen molar-refractivity contribution in [3.63, 3.8) is 0 Å². The second-order valence-electron chi connectivity index (χ2n) is 5.56. The topological polar surface area (TPSA) is 46.3 Å². The van der Waals surface area contributed by atoms with E-state index in [-0.39, 0.29) is 0 Å². The molecule has 0 amide bonds. The SMILES string of the molecule is Cc1nnc2ccc(N3CC(C)CC(C)C3)nn12. The van der Waals surface area contributed by atoms with Gasteiger partial charge in [-0.25, -0.2) is 0 Å². The molecule has 0 N–H and O–H groups in total. The third-order valence-corrected chi connectivity index (χ3v) is 3.60. The van der Waals surface area contributed by atoms with Crippen molar-refractivity contribution in [2.45, 2.75) is 27.2 Å². The smallest absolute Gasteiger partial charge is 0.178 e. The zero-order valence-corrected chi connectivity index (χ0v) is 11.2. The zero-order chi connectivity index (χ0) is 12.7. The van der Waals surface area contributed by atoms with Gasteiger partial charge in [-0.1, -0.05) is 13.8 Å². The van der Waals surface area contributed by atoms with Gasteiger partial charge >= 0.3 is 0 Å². The summed E-state index contributed by atoms with van der Waals surface area (Å²) in [5, 5.41) is 12.8. The number of aryl methyl sites for hydroxylation is 1. The van der Waals surface area contributed by atoms with Crippen LogP contribution in [-0.4, -0.2) is 32.9 Å². The quantitative estimate of drug-likeness (QED) is 0.770. The van der Waals surface area contributed by atoms with E-state index in [1.54, 1.807) is 0 Å². The molecule has 2 unspecified atom stereocenters. The van der Waals surface area contributed by atoms with Crippen LogP contribution in [0.15, 0.2) is 12.1 Å². The van der Waals surface area contributed by atoms with Crippen LogP contribution in [0.4, 0.5) is 5.82 Å². The van der Waals surface area contributed by atoms with E-state index in [0.29, 0.717) is 0 Å². The number of hydrogen-bond donors (Lipinski definition) is 0. The number of nitrogens with zero attached hydrogens (tertiary/aromatic N) is 5. The van der Waals surface area contributed by atoms with Crippen LogP contribution < -0.4 is 4.90 Å². The highest BCUT2D eigenvalue weighted by Gasteiger charge is 2.23. The summed E-state index contributed by atoms with van der Waals surface area (Å²) in [6.07, 6.45) is 1.31. The predicted molar refractivity (Wildman–Crippen MR) is 70.7 cm³/mol. The van der Waals surface area contributed by atoms with Gasteiger partial charge in [0.15, 0.2) is 11.5 Å². The fourth-order valence-electron chi connectivity index (χ4n) is 2.91. The van der Waals surface area contributed by atoms with E-state index < -0.39 is 0 Å². The van der Waals surface area contributed by atoms with Crippen LogP contribution in [0.1, 0.15) is 26.1 Å². The van der Waals surface area contributed by atoms with Crippen molar-refractivity contribution >= 4 is 11.5 Å². The third-order valence-electron chi connectivity index (χ3n) is 3.60. The number of fused-ring (bicyclic) bond motifs is 1. The van der Waals surface area contributed by atoms with Crippen molar-refractivity contribution in [3.05, 3.63) is 18.0 Å². The molecule has 0 spiro atoms. The number of aromatic nitrogens is 4. The van der Waals surface area contributed by atoms with Gasteiger partial charge in [0.1, 0.15) is 5.82 Å². The fourth-order valence-corrected chi connectivity index (χ4v) is 2.91. The number of hydrogen-bond acceptors (Lipinski definition) is 4. The molecule has 0 aliphatic carbocycles. The Labute approximate surface area is 107 Å². The van der Waals surface area contributed by atoms with E-state index in [2.05, 4.69) is 34.0 Å². The van der Waals surface area contributed by atoms with Gasteiger partial charge < -0.3 is 4.90 Å². The lowest BCUT2D eigenvalue weighted by molar-refractivity contribution is 0.354. The summed E-state index contributed by atoms with van der Waals surface area (Å²) in [7, 11) is 0. The maximum atomic E-state index is 4.64. The van der Waals surface area contributed by atoms with E-state index in [0.717, 1.165) is 42.2 Å². The third kappa shape index (κ3) is 1.94. The van der Waals surface area contributed by atoms with Crippen LogP contribution in [-0.2, 0) is 0 Å². The van der Waals surface area contributed by atoms with E-state index in [4.69, 9.17) is 0 Å². The average Bonchev–Trinajstić information content (AvgIpc) is 2.69. The lowest BCUT2D eigenvalue weighted by Crippen LogP contribution is -2.39. The molecule has 5 heteroatoms. The molecular weight excluding hydrogens is 226 g/mol. The Morgan fingerprint density at radius 1 is 1.11 bits per heavy atom. The van der Waals surface area contributed by atoms with Crippen molar-refractivity contribution in [2.24, 2.45) is 11.8 Å². The number of rotatable bonds is 1. The minimum Gasteiger partial charge on any atom is -0.355 e. The van der Waals surface area contributed by atoms with Gasteiger partial charge in [0.2, 0.25) is 0 Å². The highest BCUT2D eigenvalue weighted by molar-refractivity contribution is 5.46. The standard InChI is InChI=1S/C13H19N5/c1-9-6-10(2)8-17(7-9)13-5-4-12-15-14-11(3)18(12)16-13/h4-5,9-10H,6-8H2,1-3H3. The molecule has 96 valence electrons. The van der Waals surface area contributed by atoms with Crippen LogP contribution in [0.3, 0.4) is 0 Å². The molecule has 2 aromatic rings. The lowest BCUT2D eigenvalue weighted by Gasteiger charge is -2.35. The largest absolute Gasteiger partial charge is 0.355 e. The summed E-state index contributed by atoms with van der Waals surface area (Å²) in [5.74, 6) is 3.33. The van der Waals surface area contributed by atoms with Crippen molar-refractivity contribution in [2.75, 3.05) is 18.0 Å². The second-order valence-corrected chi connectivity index (χ2v) is 5.56. The molecule has 0 saturated carbocycles. The Bertz CT molecular complexity index is 552. The van der Waals surface area contributed by atoms with Gasteiger partial charge in [-0.3, -0.25) is 0 Å². The monoisotopic (exact) mass is 245 g/mol. The molecule has 0 bridgehead atoms. The van der Waals surface area contributed by atoms with Crippen LogP contribution in [0.2, 0.25) is 0 Å². The molecule has 1 aliphatic rings. The molecule has 0 aromatic carbocycles. The van der Waals surface area contributed by atoms with Crippen LogP contribution in [0.5, 0.6) is 0 Å². The van der Waals surface area contributed by atoms with Gasteiger partial charge in [-0.15, -0.1) is 15.3 Å². The van der Waals surface area contributed by atoms with Crippen LogP contribution in [0.25, 0.3) is 5.65 Å². The summed E-state index contributed by atoms with van der Waals surface area (Å²) in [5.41, 5.74) is 0.814. The van der Waals surface area contributed by atoms with Gasteiger partial charge in [0, 0.05) is 13.1 Å². The number of anilines is 1. The van der Waals surface area contributed by atoms with Crippen LogP contribution >= 0.6 is 0 Å². The van der Waals surface area contributed by atoms with Crippen LogP contribution in [0, 0.1) is 18.8 Å². The Balaban J connectivity index is 1.95. The first-order valence-electron chi connectivity index (χ1n) is 6.57. The molecule has 3 rings (SSSR count). The van der Waals surface area contributed by atoms with Crippen molar-refractivity contribution in [3.8, 4) is 0 Å². The molecule has 0 radical (unpaired) electrons. The summed E-state index contributed by atoms with van der Waals surface area (Å²) >= 11 is 0. The maximum absolute atomic E-state index is 4.64. The first-order chi connectivity index (χ1) is 8.63. The normalized spacial score (nSPS) is 24.7. The summed E-state index contributed by atoms with van der Waals surface area (Å²) < 4.78 is 1.82. The Morgan fingerprint density at radius 3 is 2.56 bits per heavy atom. The highest BCUT2D eigenvalue weighted by Crippen LogP contribution is 2.24. The minimum absolute atomic E-state index is 0.730. The molecule has 18 heavy (non-hydrogen) atoms. The zero-order valence-electron chi connectivity index (χ0n) is 11.2. The Hall–Kier alpha value is -1.65. The second kappa shape index (κ2) is 4.23. The molecule has 2 aromatic heterocycles. The highest BCUT2D eigenvalue weighted by atomic mass is 15.4. The average molecular weight is 245 g/mol. The predicted octanol–water partition coefficient (Wildman–Crippen LogP) is 1.92. The van der Waals surface area contributed by atoms with Crippen molar-refractivity contribution in [1.29, 1.82) is 0 Å². The molecule has 2 atom stereocenters. The summed E-state index contributed by atoms with van der Waals surface area (Å²) in [4.78, 5) is 2.37. The Kier molecular flexibility index (Phi) is 2.69. The number of piperidine rings is 1. The van der Waals surface area contributed by atoms with Crippen molar-refractivity contribution in [1.82, 2.24) is 19.8 Å². The first kappa shape index (κ1) is 11.4. The van der Waals surface area contributed by atoms with E-state index in [9.17, 15) is 0 Å². The molecule has 1 fully saturated rings. The van der Waals surface area contributed by atoms with Gasteiger partial charge in [-0.05, 0) is 37.3 Å².